The monoisotopic (exact) mass is 373 g/mol. The van der Waals surface area contributed by atoms with Crippen LogP contribution in [0, 0.1) is 5.92 Å². The lowest BCUT2D eigenvalue weighted by Crippen LogP contribution is -2.83. The number of carbonyl (C=O) groups excluding carboxylic acids is 2. The summed E-state index contributed by atoms with van der Waals surface area (Å²) in [5, 5.41) is 26.5. The van der Waals surface area contributed by atoms with Crippen LogP contribution in [0.3, 0.4) is 0 Å². The zero-order valence-corrected chi connectivity index (χ0v) is 15.2. The Balaban J connectivity index is 1.94. The van der Waals surface area contributed by atoms with Crippen molar-refractivity contribution in [2.75, 3.05) is 19.8 Å². The van der Waals surface area contributed by atoms with Crippen LogP contribution in [0.2, 0.25) is 0 Å². The molecule has 0 saturated carbocycles. The van der Waals surface area contributed by atoms with Gasteiger partial charge in [0.05, 0.1) is 13.2 Å². The summed E-state index contributed by atoms with van der Waals surface area (Å²) in [6.45, 7) is 5.20. The number of nitrogens with one attached hydrogen (secondary N) is 2. The van der Waals surface area contributed by atoms with Crippen LogP contribution in [-0.2, 0) is 23.8 Å². The third kappa shape index (κ3) is 2.81. The largest absolute Gasteiger partial charge is 0.384 e. The molecule has 2 bridgehead atoms. The lowest BCUT2D eigenvalue weighted by molar-refractivity contribution is -0.248. The molecule has 4 aliphatic rings. The minimum atomic E-state index is -2.10. The van der Waals surface area contributed by atoms with Crippen LogP contribution in [0.15, 0.2) is 0 Å². The lowest BCUT2D eigenvalue weighted by Gasteiger charge is -2.51. The summed E-state index contributed by atoms with van der Waals surface area (Å²) in [5.74, 6) is -3.26. The van der Waals surface area contributed by atoms with Gasteiger partial charge in [-0.15, -0.1) is 0 Å². The van der Waals surface area contributed by atoms with Crippen LogP contribution in [0.4, 0.5) is 0 Å². The first-order chi connectivity index (χ1) is 12.0. The fourth-order valence-electron chi connectivity index (χ4n) is 3.93. The van der Waals surface area contributed by atoms with E-state index in [1.165, 1.54) is 0 Å². The van der Waals surface area contributed by atoms with Crippen LogP contribution < -0.4 is 16.4 Å². The van der Waals surface area contributed by atoms with Gasteiger partial charge in [0.2, 0.25) is 5.72 Å². The molecule has 0 aromatic heterocycles. The van der Waals surface area contributed by atoms with Gasteiger partial charge in [0.1, 0.15) is 11.7 Å². The van der Waals surface area contributed by atoms with Gasteiger partial charge in [-0.3, -0.25) is 9.59 Å². The van der Waals surface area contributed by atoms with E-state index in [1.54, 1.807) is 20.8 Å². The predicted octanol–water partition coefficient (Wildman–Crippen LogP) is -2.09. The van der Waals surface area contributed by atoms with Crippen molar-refractivity contribution in [3.8, 4) is 0 Å². The average molecular weight is 373 g/mol. The van der Waals surface area contributed by atoms with Gasteiger partial charge in [-0.05, 0) is 40.2 Å². The average Bonchev–Trinajstić information content (AvgIpc) is 2.84. The van der Waals surface area contributed by atoms with Crippen molar-refractivity contribution in [3.05, 3.63) is 0 Å². The molecule has 4 fully saturated rings. The molecule has 4 aliphatic heterocycles. The number of aliphatic hydroxyl groups is 2. The van der Waals surface area contributed by atoms with Gasteiger partial charge in [0.25, 0.3) is 17.5 Å². The van der Waals surface area contributed by atoms with Crippen LogP contribution in [0.1, 0.15) is 33.6 Å². The van der Waals surface area contributed by atoms with E-state index >= 15 is 0 Å². The second kappa shape index (κ2) is 6.11. The van der Waals surface area contributed by atoms with Gasteiger partial charge in [-0.25, -0.2) is 0 Å². The Morgan fingerprint density at radius 2 is 1.92 bits per heavy atom. The molecule has 0 radical (unpaired) electrons. The Hall–Kier alpha value is -1.30. The van der Waals surface area contributed by atoms with E-state index in [-0.39, 0.29) is 26.2 Å². The van der Waals surface area contributed by atoms with E-state index in [0.717, 1.165) is 0 Å². The molecule has 10 nitrogen and oxygen atoms in total. The molecule has 148 valence electrons. The first-order valence-electron chi connectivity index (χ1n) is 8.73. The number of amides is 2. The first kappa shape index (κ1) is 19.5. The molecule has 0 spiro atoms. The van der Waals surface area contributed by atoms with E-state index < -0.39 is 46.7 Å². The Morgan fingerprint density at radius 3 is 2.50 bits per heavy atom. The maximum absolute atomic E-state index is 12.9. The number of carbonyl (C=O) groups is 2. The van der Waals surface area contributed by atoms with Crippen molar-refractivity contribution < 1.29 is 34.0 Å². The molecule has 4 rings (SSSR count). The minimum Gasteiger partial charge on any atom is -0.384 e. The van der Waals surface area contributed by atoms with E-state index in [2.05, 4.69) is 10.6 Å². The number of fused-ring (bicyclic) bond motifs is 5. The number of piperazine rings is 1. The van der Waals surface area contributed by atoms with Crippen molar-refractivity contribution in [2.45, 2.75) is 62.6 Å². The molecule has 5 atom stereocenters. The molecule has 4 saturated heterocycles. The van der Waals surface area contributed by atoms with Gasteiger partial charge in [-0.2, -0.15) is 0 Å². The molecular formula is C16H27N3O7. The molecule has 0 unspecified atom stereocenters. The highest BCUT2D eigenvalue weighted by Gasteiger charge is 2.66. The van der Waals surface area contributed by atoms with E-state index in [9.17, 15) is 19.8 Å². The highest BCUT2D eigenvalue weighted by Crippen LogP contribution is 2.40. The molecule has 2 amide bonds. The summed E-state index contributed by atoms with van der Waals surface area (Å²) in [7, 11) is 0. The number of nitrogens with two attached hydrogens (primary N) is 1. The van der Waals surface area contributed by atoms with Gasteiger partial charge in [0.15, 0.2) is 5.79 Å². The predicted molar refractivity (Wildman–Crippen MR) is 87.2 cm³/mol. The van der Waals surface area contributed by atoms with Crippen molar-refractivity contribution in [1.82, 2.24) is 10.6 Å². The third-order valence-corrected chi connectivity index (χ3v) is 5.34. The highest BCUT2D eigenvalue weighted by molar-refractivity contribution is 6.01. The smallest absolute Gasteiger partial charge is 0.278 e. The fourth-order valence-corrected chi connectivity index (χ4v) is 3.93. The van der Waals surface area contributed by atoms with Crippen molar-refractivity contribution >= 4 is 11.8 Å². The topological polar surface area (TPSA) is 152 Å². The van der Waals surface area contributed by atoms with Crippen LogP contribution >= 0.6 is 0 Å². The molecule has 0 aromatic carbocycles. The second-order valence-corrected chi connectivity index (χ2v) is 7.83. The molecule has 6 N–H and O–H groups in total. The van der Waals surface area contributed by atoms with Crippen LogP contribution in [0.5, 0.6) is 0 Å². The quantitative estimate of drug-likeness (QED) is 0.376. The molecule has 0 aromatic rings. The van der Waals surface area contributed by atoms with Crippen molar-refractivity contribution in [2.24, 2.45) is 11.7 Å². The number of hydrogen-bond acceptors (Lipinski definition) is 8. The maximum Gasteiger partial charge on any atom is 0.278 e. The number of aliphatic hydroxyl groups excluding tert-OH is 1. The highest BCUT2D eigenvalue weighted by atomic mass is 16.8. The van der Waals surface area contributed by atoms with Gasteiger partial charge < -0.3 is 40.8 Å². The number of ether oxygens (including phenoxy) is 3. The van der Waals surface area contributed by atoms with E-state index in [1.807, 2.05) is 0 Å². The summed E-state index contributed by atoms with van der Waals surface area (Å²) >= 11 is 0. The Morgan fingerprint density at radius 1 is 1.23 bits per heavy atom. The summed E-state index contributed by atoms with van der Waals surface area (Å²) in [5.41, 5.74) is 0.0567. The second-order valence-electron chi connectivity index (χ2n) is 7.83. The van der Waals surface area contributed by atoms with E-state index in [4.69, 9.17) is 19.9 Å². The molecule has 4 heterocycles. The first-order valence-corrected chi connectivity index (χ1v) is 8.73. The van der Waals surface area contributed by atoms with Crippen LogP contribution in [-0.4, -0.2) is 70.7 Å². The number of hydrogen-bond donors (Lipinski definition) is 5. The molecule has 0 aliphatic carbocycles. The summed E-state index contributed by atoms with van der Waals surface area (Å²) in [6, 6.07) is 0. The SMILES string of the molecule is CC1(C)OC[C@@](C)([C@H](O)[C@@]23NC(=O)[C@@](O)(NC2=O)[C@H](CCN)CCO3)O1. The molecule has 26 heavy (non-hydrogen) atoms. The van der Waals surface area contributed by atoms with Gasteiger partial charge in [0, 0.05) is 5.92 Å². The maximum atomic E-state index is 12.9. The van der Waals surface area contributed by atoms with E-state index in [0.29, 0.717) is 6.42 Å². The molecular weight excluding hydrogens is 346 g/mol. The fraction of sp³-hybridized carbons (Fsp3) is 0.875. The Bertz CT molecular complexity index is 615. The summed E-state index contributed by atoms with van der Waals surface area (Å²) in [6.07, 6.45) is -0.960. The lowest BCUT2D eigenvalue weighted by atomic mass is 9.81. The molecule has 10 heteroatoms. The standard InChI is InChI=1S/C16H27N3O7/c1-13(2)25-8-14(3,26-13)10(20)16-12(22)18-15(23,11(21)19-16)9(4-6-17)5-7-24-16/h9-10,20,23H,4-8,17H2,1-3H3,(H,18,22)(H,19,21)/t9-,10+,14+,15-,16+/m1/s1. The minimum absolute atomic E-state index is 0.00447. The Kier molecular flexibility index (Phi) is 4.57. The third-order valence-electron chi connectivity index (χ3n) is 5.34. The zero-order valence-electron chi connectivity index (χ0n) is 15.2. The van der Waals surface area contributed by atoms with Crippen molar-refractivity contribution in [3.63, 3.8) is 0 Å². The Labute approximate surface area is 151 Å². The van der Waals surface area contributed by atoms with Gasteiger partial charge in [-0.1, -0.05) is 0 Å². The van der Waals surface area contributed by atoms with Crippen LogP contribution in [0.25, 0.3) is 0 Å². The van der Waals surface area contributed by atoms with Gasteiger partial charge >= 0.3 is 0 Å². The zero-order chi connectivity index (χ0) is 19.4. The summed E-state index contributed by atoms with van der Waals surface area (Å²) < 4.78 is 17.0. The van der Waals surface area contributed by atoms with Crippen molar-refractivity contribution in [1.29, 1.82) is 0 Å². The number of rotatable bonds is 4. The normalized spacial score (nSPS) is 43.4. The summed E-state index contributed by atoms with van der Waals surface area (Å²) in [4.78, 5) is 25.5.